The van der Waals surface area contributed by atoms with Crippen LogP contribution in [0.25, 0.3) is 0 Å². The van der Waals surface area contributed by atoms with Gasteiger partial charge in [-0.15, -0.1) is 0 Å². The molecular formula is C27H29N3O4. The van der Waals surface area contributed by atoms with Crippen molar-refractivity contribution in [3.05, 3.63) is 88.5 Å². The van der Waals surface area contributed by atoms with Gasteiger partial charge in [0.25, 0.3) is 0 Å². The molecule has 0 bridgehead atoms. The Morgan fingerprint density at radius 1 is 0.882 bits per heavy atom. The number of carbonyl (C=O) groups is 2. The monoisotopic (exact) mass is 459 g/mol. The highest BCUT2D eigenvalue weighted by atomic mass is 16.5. The molecule has 3 aromatic carbocycles. The van der Waals surface area contributed by atoms with E-state index in [4.69, 9.17) is 9.47 Å². The summed E-state index contributed by atoms with van der Waals surface area (Å²) in [6.45, 7) is 8.64. The molecule has 0 spiro atoms. The molecular weight excluding hydrogens is 430 g/mol. The van der Waals surface area contributed by atoms with Gasteiger partial charge in [-0.3, -0.25) is 9.59 Å². The van der Waals surface area contributed by atoms with Gasteiger partial charge >= 0.3 is 11.8 Å². The summed E-state index contributed by atoms with van der Waals surface area (Å²) < 4.78 is 11.7. The van der Waals surface area contributed by atoms with E-state index >= 15 is 0 Å². The number of hydrogen-bond donors (Lipinski definition) is 2. The molecule has 3 aromatic rings. The Balaban J connectivity index is 1.61. The summed E-state index contributed by atoms with van der Waals surface area (Å²) in [4.78, 5) is 24.3. The van der Waals surface area contributed by atoms with Crippen molar-refractivity contribution < 1.29 is 19.1 Å². The Kier molecular flexibility index (Phi) is 8.40. The minimum absolute atomic E-state index is 0.422. The second-order valence-electron chi connectivity index (χ2n) is 7.83. The van der Waals surface area contributed by atoms with E-state index in [1.54, 1.807) is 24.3 Å². The molecule has 0 atom stereocenters. The molecule has 176 valence electrons. The van der Waals surface area contributed by atoms with Crippen LogP contribution in [0.5, 0.6) is 11.5 Å². The highest BCUT2D eigenvalue weighted by Gasteiger charge is 2.14. The Hall–Kier alpha value is -4.13. The first kappa shape index (κ1) is 24.5. The summed E-state index contributed by atoms with van der Waals surface area (Å²) in [5, 5.41) is 6.48. The van der Waals surface area contributed by atoms with Crippen molar-refractivity contribution in [2.75, 3.05) is 11.9 Å². The lowest BCUT2D eigenvalue weighted by molar-refractivity contribution is -0.136. The first-order chi connectivity index (χ1) is 16.4. The van der Waals surface area contributed by atoms with Crippen LogP contribution < -0.4 is 20.2 Å². The Labute approximate surface area is 199 Å². The minimum atomic E-state index is -0.862. The van der Waals surface area contributed by atoms with Crippen LogP contribution in [0.3, 0.4) is 0 Å². The van der Waals surface area contributed by atoms with Gasteiger partial charge in [0, 0.05) is 5.69 Å². The quantitative estimate of drug-likeness (QED) is 0.291. The predicted octanol–water partition coefficient (Wildman–Crippen LogP) is 4.68. The number of ether oxygens (including phenoxy) is 2. The molecule has 0 radical (unpaired) electrons. The third kappa shape index (κ3) is 6.68. The summed E-state index contributed by atoms with van der Waals surface area (Å²) in [6.07, 6.45) is 1.44. The third-order valence-corrected chi connectivity index (χ3v) is 5.13. The number of nitrogens with zero attached hydrogens (tertiary/aromatic N) is 1. The SMILES string of the molecule is CCOc1cc(/C=N/NC(=O)C(=O)Nc2ccc(C)cc2C)ccc1OCc1ccccc1C. The van der Waals surface area contributed by atoms with Gasteiger partial charge in [-0.1, -0.05) is 42.0 Å². The lowest BCUT2D eigenvalue weighted by Gasteiger charge is -2.13. The molecule has 34 heavy (non-hydrogen) atoms. The average molecular weight is 460 g/mol. The van der Waals surface area contributed by atoms with Crippen LogP contribution >= 0.6 is 0 Å². The van der Waals surface area contributed by atoms with Gasteiger partial charge in [-0.25, -0.2) is 5.43 Å². The highest BCUT2D eigenvalue weighted by Crippen LogP contribution is 2.29. The number of amides is 2. The van der Waals surface area contributed by atoms with Gasteiger partial charge in [0.05, 0.1) is 12.8 Å². The van der Waals surface area contributed by atoms with E-state index in [0.29, 0.717) is 36.0 Å². The summed E-state index contributed by atoms with van der Waals surface area (Å²) in [6, 6.07) is 18.9. The summed E-state index contributed by atoms with van der Waals surface area (Å²) in [5.41, 5.74) is 7.70. The fourth-order valence-electron chi connectivity index (χ4n) is 3.27. The standard InChI is InChI=1S/C27H29N3O4/c1-5-33-25-15-21(11-13-24(25)34-17-22-9-7-6-8-19(22)3)16-28-30-27(32)26(31)29-23-12-10-18(2)14-20(23)4/h6-16H,5,17H2,1-4H3,(H,29,31)(H,30,32)/b28-16+. The Morgan fingerprint density at radius 2 is 1.68 bits per heavy atom. The minimum Gasteiger partial charge on any atom is -0.490 e. The predicted molar refractivity (Wildman–Crippen MR) is 133 cm³/mol. The average Bonchev–Trinajstić information content (AvgIpc) is 2.81. The van der Waals surface area contributed by atoms with Crippen molar-refractivity contribution in [3.8, 4) is 11.5 Å². The number of aryl methyl sites for hydroxylation is 3. The number of nitrogens with one attached hydrogen (secondary N) is 2. The van der Waals surface area contributed by atoms with Crippen LogP contribution in [0.4, 0.5) is 5.69 Å². The molecule has 3 rings (SSSR count). The zero-order valence-electron chi connectivity index (χ0n) is 19.8. The number of hydrazone groups is 1. The van der Waals surface area contributed by atoms with Crippen molar-refractivity contribution in [3.63, 3.8) is 0 Å². The molecule has 0 fully saturated rings. The number of carbonyl (C=O) groups excluding carboxylic acids is 2. The van der Waals surface area contributed by atoms with Crippen LogP contribution in [-0.4, -0.2) is 24.6 Å². The van der Waals surface area contributed by atoms with Gasteiger partial charge in [0.1, 0.15) is 6.61 Å². The first-order valence-electron chi connectivity index (χ1n) is 11.0. The smallest absolute Gasteiger partial charge is 0.329 e. The number of hydrogen-bond acceptors (Lipinski definition) is 5. The van der Waals surface area contributed by atoms with Crippen molar-refractivity contribution in [2.24, 2.45) is 5.10 Å². The van der Waals surface area contributed by atoms with Crippen LogP contribution in [0, 0.1) is 20.8 Å². The molecule has 0 saturated carbocycles. The summed E-state index contributed by atoms with van der Waals surface area (Å²) in [5.74, 6) is -0.475. The molecule has 2 N–H and O–H groups in total. The lowest BCUT2D eigenvalue weighted by Crippen LogP contribution is -2.32. The second kappa shape index (κ2) is 11.7. The molecule has 2 amide bonds. The maximum atomic E-state index is 12.2. The van der Waals surface area contributed by atoms with Gasteiger partial charge < -0.3 is 14.8 Å². The van der Waals surface area contributed by atoms with E-state index in [2.05, 4.69) is 15.8 Å². The van der Waals surface area contributed by atoms with Crippen LogP contribution in [-0.2, 0) is 16.2 Å². The number of rotatable bonds is 8. The molecule has 0 heterocycles. The molecule has 7 heteroatoms. The second-order valence-corrected chi connectivity index (χ2v) is 7.83. The van der Waals surface area contributed by atoms with E-state index in [-0.39, 0.29) is 0 Å². The fraction of sp³-hybridized carbons (Fsp3) is 0.222. The zero-order valence-corrected chi connectivity index (χ0v) is 19.8. The summed E-state index contributed by atoms with van der Waals surface area (Å²) >= 11 is 0. The number of benzene rings is 3. The molecule has 0 unspecified atom stereocenters. The zero-order chi connectivity index (χ0) is 24.5. The highest BCUT2D eigenvalue weighted by molar-refractivity contribution is 6.39. The van der Waals surface area contributed by atoms with E-state index in [1.165, 1.54) is 6.21 Å². The van der Waals surface area contributed by atoms with Crippen molar-refractivity contribution in [2.45, 2.75) is 34.3 Å². The molecule has 0 saturated heterocycles. The van der Waals surface area contributed by atoms with Crippen molar-refractivity contribution >= 4 is 23.7 Å². The Morgan fingerprint density at radius 3 is 2.41 bits per heavy atom. The largest absolute Gasteiger partial charge is 0.490 e. The van der Waals surface area contributed by atoms with Crippen LogP contribution in [0.1, 0.15) is 34.7 Å². The van der Waals surface area contributed by atoms with Gasteiger partial charge in [0.15, 0.2) is 11.5 Å². The summed E-state index contributed by atoms with van der Waals surface area (Å²) in [7, 11) is 0. The Bertz CT molecular complexity index is 1200. The van der Waals surface area contributed by atoms with E-state index < -0.39 is 11.8 Å². The fourth-order valence-corrected chi connectivity index (χ4v) is 3.27. The third-order valence-electron chi connectivity index (χ3n) is 5.13. The van der Waals surface area contributed by atoms with E-state index in [9.17, 15) is 9.59 Å². The first-order valence-corrected chi connectivity index (χ1v) is 11.0. The molecule has 0 aliphatic rings. The van der Waals surface area contributed by atoms with E-state index in [0.717, 1.165) is 22.3 Å². The molecule has 0 aromatic heterocycles. The van der Waals surface area contributed by atoms with Gasteiger partial charge in [-0.2, -0.15) is 5.10 Å². The number of anilines is 1. The van der Waals surface area contributed by atoms with Crippen molar-refractivity contribution in [1.29, 1.82) is 0 Å². The molecule has 7 nitrogen and oxygen atoms in total. The molecule has 0 aliphatic carbocycles. The maximum absolute atomic E-state index is 12.2. The van der Waals surface area contributed by atoms with Crippen LogP contribution in [0.2, 0.25) is 0 Å². The molecule has 0 aliphatic heterocycles. The normalized spacial score (nSPS) is 10.7. The van der Waals surface area contributed by atoms with E-state index in [1.807, 2.05) is 64.1 Å². The van der Waals surface area contributed by atoms with Crippen LogP contribution in [0.15, 0.2) is 65.8 Å². The van der Waals surface area contributed by atoms with Gasteiger partial charge in [-0.05, 0) is 74.2 Å². The lowest BCUT2D eigenvalue weighted by atomic mass is 10.1. The van der Waals surface area contributed by atoms with Gasteiger partial charge in [0.2, 0.25) is 0 Å². The maximum Gasteiger partial charge on any atom is 0.329 e. The topological polar surface area (TPSA) is 89.0 Å². The van der Waals surface area contributed by atoms with Crippen molar-refractivity contribution in [1.82, 2.24) is 5.43 Å².